The number of allylic oxidation sites excluding steroid dienone is 1. The summed E-state index contributed by atoms with van der Waals surface area (Å²) in [4.78, 5) is 25.1. The van der Waals surface area contributed by atoms with Gasteiger partial charge in [-0.2, -0.15) is 0 Å². The van der Waals surface area contributed by atoms with E-state index in [1.807, 2.05) is 0 Å². The molecule has 3 N–H and O–H groups in total. The third kappa shape index (κ3) is 6.98. The molecule has 0 fully saturated rings. The number of rotatable bonds is 11. The van der Waals surface area contributed by atoms with Crippen molar-refractivity contribution in [2.75, 3.05) is 24.8 Å². The fraction of sp³-hybridized carbons (Fsp3) is 0.217. The van der Waals surface area contributed by atoms with Gasteiger partial charge in [-0.3, -0.25) is 9.59 Å². The number of carbonyl (C=O) groups excluding carboxylic acids is 2. The lowest BCUT2D eigenvalue weighted by molar-refractivity contribution is -0.113. The first-order chi connectivity index (χ1) is 16.9. The van der Waals surface area contributed by atoms with Crippen molar-refractivity contribution in [2.24, 2.45) is 0 Å². The van der Waals surface area contributed by atoms with E-state index in [0.717, 1.165) is 11.8 Å². The molecule has 1 atom stereocenters. The Morgan fingerprint density at radius 1 is 1.20 bits per heavy atom. The molecule has 2 amide bonds. The summed E-state index contributed by atoms with van der Waals surface area (Å²) in [6, 6.07) is 10.5. The number of anilines is 1. The molecule has 1 aromatic heterocycles. The topological polar surface area (TPSA) is 118 Å². The molecule has 9 nitrogen and oxygen atoms in total. The van der Waals surface area contributed by atoms with E-state index in [2.05, 4.69) is 27.4 Å². The SMILES string of the molecule is C=CCn1c(SCC(=O)Nc2ccc(Cl)c(Cl)c2)nnc1[C@@H](CO)NC(=O)c1ccc(OC)cc1. The molecule has 0 aliphatic carbocycles. The molecule has 0 aliphatic rings. The second kappa shape index (κ2) is 12.6. The summed E-state index contributed by atoms with van der Waals surface area (Å²) in [5, 5.41) is 24.9. The maximum absolute atomic E-state index is 12.7. The van der Waals surface area contributed by atoms with Crippen molar-refractivity contribution in [2.45, 2.75) is 17.7 Å². The number of benzene rings is 2. The summed E-state index contributed by atoms with van der Waals surface area (Å²) in [5.74, 6) is 0.319. The van der Waals surface area contributed by atoms with Crippen LogP contribution in [-0.2, 0) is 11.3 Å². The van der Waals surface area contributed by atoms with Crippen molar-refractivity contribution in [3.8, 4) is 5.75 Å². The number of aromatic nitrogens is 3. The van der Waals surface area contributed by atoms with Crippen LogP contribution in [0.1, 0.15) is 22.2 Å². The van der Waals surface area contributed by atoms with Gasteiger partial charge in [-0.25, -0.2) is 0 Å². The molecule has 0 unspecified atom stereocenters. The fourth-order valence-corrected chi connectivity index (χ4v) is 4.10. The predicted molar refractivity (Wildman–Crippen MR) is 136 cm³/mol. The molecule has 184 valence electrons. The molecule has 1 heterocycles. The number of amides is 2. The van der Waals surface area contributed by atoms with Gasteiger partial charge in [0.25, 0.3) is 5.91 Å². The van der Waals surface area contributed by atoms with Gasteiger partial charge in [0.05, 0.1) is 29.5 Å². The normalized spacial score (nSPS) is 11.5. The first-order valence-electron chi connectivity index (χ1n) is 10.3. The molecular weight excluding hydrogens is 513 g/mol. The zero-order chi connectivity index (χ0) is 25.4. The summed E-state index contributed by atoms with van der Waals surface area (Å²) < 4.78 is 6.78. The lowest BCUT2D eigenvalue weighted by Crippen LogP contribution is -2.33. The maximum Gasteiger partial charge on any atom is 0.251 e. The second-order valence-electron chi connectivity index (χ2n) is 7.14. The van der Waals surface area contributed by atoms with Crippen LogP contribution in [0.15, 0.2) is 60.3 Å². The minimum Gasteiger partial charge on any atom is -0.497 e. The van der Waals surface area contributed by atoms with Crippen LogP contribution >= 0.6 is 35.0 Å². The lowest BCUT2D eigenvalue weighted by Gasteiger charge is -2.17. The molecule has 2 aromatic carbocycles. The van der Waals surface area contributed by atoms with Gasteiger partial charge in [-0.05, 0) is 42.5 Å². The Kier molecular flexibility index (Phi) is 9.55. The smallest absolute Gasteiger partial charge is 0.251 e. The Balaban J connectivity index is 1.69. The van der Waals surface area contributed by atoms with Crippen LogP contribution in [-0.4, -0.2) is 51.2 Å². The summed E-state index contributed by atoms with van der Waals surface area (Å²) in [7, 11) is 1.54. The number of hydrogen-bond acceptors (Lipinski definition) is 7. The zero-order valence-electron chi connectivity index (χ0n) is 18.7. The Labute approximate surface area is 216 Å². The third-order valence-corrected chi connectivity index (χ3v) is 6.45. The van der Waals surface area contributed by atoms with E-state index in [4.69, 9.17) is 27.9 Å². The summed E-state index contributed by atoms with van der Waals surface area (Å²) >= 11 is 13.0. The average molecular weight is 536 g/mol. The molecule has 3 rings (SSSR count). The van der Waals surface area contributed by atoms with Crippen molar-refractivity contribution < 1.29 is 19.4 Å². The maximum atomic E-state index is 12.7. The van der Waals surface area contributed by atoms with Crippen molar-refractivity contribution >= 4 is 52.5 Å². The number of thioether (sulfide) groups is 1. The zero-order valence-corrected chi connectivity index (χ0v) is 21.0. The van der Waals surface area contributed by atoms with Crippen molar-refractivity contribution in [3.05, 3.63) is 76.6 Å². The first kappa shape index (κ1) is 26.6. The molecule has 0 radical (unpaired) electrons. The van der Waals surface area contributed by atoms with Crippen LogP contribution in [0.25, 0.3) is 0 Å². The molecule has 35 heavy (non-hydrogen) atoms. The summed E-state index contributed by atoms with van der Waals surface area (Å²) in [6.45, 7) is 3.65. The number of nitrogens with one attached hydrogen (secondary N) is 2. The van der Waals surface area contributed by atoms with Gasteiger partial charge in [0.15, 0.2) is 11.0 Å². The fourth-order valence-electron chi connectivity index (χ4n) is 3.04. The first-order valence-corrected chi connectivity index (χ1v) is 12.1. The van der Waals surface area contributed by atoms with E-state index in [0.29, 0.717) is 44.6 Å². The number of nitrogens with zero attached hydrogens (tertiary/aromatic N) is 3. The van der Waals surface area contributed by atoms with Gasteiger partial charge < -0.3 is 25.0 Å². The average Bonchev–Trinajstić information content (AvgIpc) is 3.26. The number of ether oxygens (including phenoxy) is 1. The van der Waals surface area contributed by atoms with E-state index in [-0.39, 0.29) is 11.7 Å². The quantitative estimate of drug-likeness (QED) is 0.251. The largest absolute Gasteiger partial charge is 0.497 e. The van der Waals surface area contributed by atoms with Crippen LogP contribution in [0.2, 0.25) is 10.0 Å². The molecular formula is C23H23Cl2N5O4S. The Bertz CT molecular complexity index is 1200. The van der Waals surface area contributed by atoms with E-state index in [1.165, 1.54) is 7.11 Å². The van der Waals surface area contributed by atoms with Crippen molar-refractivity contribution in [1.29, 1.82) is 0 Å². The Hall–Kier alpha value is -3.05. The molecule has 3 aromatic rings. The highest BCUT2D eigenvalue weighted by molar-refractivity contribution is 7.99. The third-order valence-electron chi connectivity index (χ3n) is 4.74. The predicted octanol–water partition coefficient (Wildman–Crippen LogP) is 3.97. The standard InChI is InChI=1S/C23H23Cl2N5O4S/c1-3-10-30-21(19(12-31)27-22(33)14-4-7-16(34-2)8-5-14)28-29-23(30)35-13-20(32)26-15-6-9-17(24)18(25)11-15/h3-9,11,19,31H,1,10,12-13H2,2H3,(H,26,32)(H,27,33)/t19-/m1/s1. The van der Waals surface area contributed by atoms with E-state index in [9.17, 15) is 14.7 Å². The van der Waals surface area contributed by atoms with Gasteiger partial charge in [0, 0.05) is 17.8 Å². The minimum absolute atomic E-state index is 0.0392. The van der Waals surface area contributed by atoms with Gasteiger partial charge >= 0.3 is 0 Å². The van der Waals surface area contributed by atoms with Gasteiger partial charge in [-0.15, -0.1) is 16.8 Å². The second-order valence-corrected chi connectivity index (χ2v) is 8.90. The van der Waals surface area contributed by atoms with Crippen LogP contribution in [0, 0.1) is 0 Å². The van der Waals surface area contributed by atoms with Gasteiger partial charge in [0.2, 0.25) is 5.91 Å². The molecule has 0 saturated carbocycles. The lowest BCUT2D eigenvalue weighted by atomic mass is 10.2. The number of aliphatic hydroxyl groups excluding tert-OH is 1. The van der Waals surface area contributed by atoms with Crippen molar-refractivity contribution in [3.63, 3.8) is 0 Å². The minimum atomic E-state index is -0.823. The highest BCUT2D eigenvalue weighted by Crippen LogP contribution is 2.26. The van der Waals surface area contributed by atoms with Crippen LogP contribution in [0.3, 0.4) is 0 Å². The molecule has 0 saturated heterocycles. The summed E-state index contributed by atoms with van der Waals surface area (Å²) in [6.07, 6.45) is 1.63. The van der Waals surface area contributed by atoms with E-state index >= 15 is 0 Å². The highest BCUT2D eigenvalue weighted by atomic mass is 35.5. The highest BCUT2D eigenvalue weighted by Gasteiger charge is 2.23. The molecule has 0 spiro atoms. The van der Waals surface area contributed by atoms with Crippen molar-refractivity contribution in [1.82, 2.24) is 20.1 Å². The monoisotopic (exact) mass is 535 g/mol. The van der Waals surface area contributed by atoms with E-state index < -0.39 is 18.6 Å². The number of methoxy groups -OCH3 is 1. The number of aliphatic hydroxyl groups is 1. The Morgan fingerprint density at radius 3 is 2.57 bits per heavy atom. The van der Waals surface area contributed by atoms with E-state index in [1.54, 1.807) is 53.1 Å². The number of carbonyl (C=O) groups is 2. The van der Waals surface area contributed by atoms with Crippen LogP contribution < -0.4 is 15.4 Å². The van der Waals surface area contributed by atoms with Crippen LogP contribution in [0.5, 0.6) is 5.75 Å². The van der Waals surface area contributed by atoms with Gasteiger partial charge in [-0.1, -0.05) is 41.0 Å². The Morgan fingerprint density at radius 2 is 1.94 bits per heavy atom. The molecule has 0 aliphatic heterocycles. The summed E-state index contributed by atoms with van der Waals surface area (Å²) in [5.41, 5.74) is 0.910. The van der Waals surface area contributed by atoms with Crippen LogP contribution in [0.4, 0.5) is 5.69 Å². The van der Waals surface area contributed by atoms with Gasteiger partial charge in [0.1, 0.15) is 11.8 Å². The molecule has 0 bridgehead atoms. The number of hydrogen-bond donors (Lipinski definition) is 3. The number of halogens is 2. The molecule has 12 heteroatoms.